The first-order valence-electron chi connectivity index (χ1n) is 11.3. The van der Waals surface area contributed by atoms with Gasteiger partial charge in [0.2, 0.25) is 0 Å². The molecule has 0 aliphatic heterocycles. The molecule has 0 fully saturated rings. The molecule has 0 aromatic rings. The average molecular weight is 455 g/mol. The summed E-state index contributed by atoms with van der Waals surface area (Å²) in [6.07, 6.45) is 11.0. The van der Waals surface area contributed by atoms with Crippen LogP contribution in [0.5, 0.6) is 0 Å². The molecule has 0 aliphatic rings. The Hall–Kier alpha value is -0.500. The number of unbranched alkanes of at least 4 members (excludes halogenated alkanes) is 9. The van der Waals surface area contributed by atoms with Crippen LogP contribution in [0, 0.1) is 0 Å². The molecule has 0 spiro atoms. The fourth-order valence-corrected chi connectivity index (χ4v) is 3.51. The summed E-state index contributed by atoms with van der Waals surface area (Å²) in [6.45, 7) is 1.93. The van der Waals surface area contributed by atoms with Gasteiger partial charge in [-0.25, -0.2) is 4.57 Å². The van der Waals surface area contributed by atoms with Crippen molar-refractivity contribution in [2.24, 2.45) is 0 Å². The third-order valence-electron chi connectivity index (χ3n) is 4.68. The minimum atomic E-state index is -4.25. The van der Waals surface area contributed by atoms with Crippen LogP contribution in [0.4, 0.5) is 0 Å². The quantitative estimate of drug-likeness (QED) is 0.124. The number of esters is 1. The lowest BCUT2D eigenvalue weighted by atomic mass is 10.1. The van der Waals surface area contributed by atoms with E-state index in [1.807, 2.05) is 21.1 Å². The average Bonchev–Trinajstić information content (AvgIpc) is 2.65. The van der Waals surface area contributed by atoms with Gasteiger partial charge in [-0.05, 0) is 6.42 Å². The molecule has 30 heavy (non-hydrogen) atoms. The number of phosphoric acid groups is 1. The fourth-order valence-electron chi connectivity index (χ4n) is 2.77. The van der Waals surface area contributed by atoms with Crippen LogP contribution in [0.2, 0.25) is 0 Å². The number of aliphatic hydroxyl groups excluding tert-OH is 1. The van der Waals surface area contributed by atoms with E-state index in [2.05, 4.69) is 6.92 Å². The van der Waals surface area contributed by atoms with Gasteiger partial charge in [0, 0.05) is 6.42 Å². The molecule has 0 aromatic heterocycles. The second-order valence-electron chi connectivity index (χ2n) is 8.84. The van der Waals surface area contributed by atoms with E-state index in [0.29, 0.717) is 11.0 Å². The Morgan fingerprint density at radius 3 is 1.97 bits per heavy atom. The molecule has 0 bridgehead atoms. The molecule has 0 rings (SSSR count). The standard InChI is InChI=1S/C21H44NO7P/c1-5-6-7-8-9-10-11-12-13-14-15-21(24)29-20(18-23)19-28-30(25,26)27-17-16-22(2,3)4/h20,23H,5-19H2,1-4H3/p+1/t20-/m0/s1. The summed E-state index contributed by atoms with van der Waals surface area (Å²) < 4.78 is 27.3. The van der Waals surface area contributed by atoms with Crippen LogP contribution in [0.3, 0.4) is 0 Å². The number of hydrogen-bond acceptors (Lipinski definition) is 6. The van der Waals surface area contributed by atoms with Gasteiger partial charge < -0.3 is 19.2 Å². The maximum absolute atomic E-state index is 11.9. The lowest BCUT2D eigenvalue weighted by Crippen LogP contribution is -2.37. The van der Waals surface area contributed by atoms with Crippen molar-refractivity contribution >= 4 is 13.8 Å². The molecule has 0 radical (unpaired) electrons. The van der Waals surface area contributed by atoms with Gasteiger partial charge in [-0.15, -0.1) is 0 Å². The molecule has 1 unspecified atom stereocenters. The van der Waals surface area contributed by atoms with Crippen LogP contribution in [0.25, 0.3) is 0 Å². The van der Waals surface area contributed by atoms with Gasteiger partial charge in [-0.1, -0.05) is 64.7 Å². The van der Waals surface area contributed by atoms with Crippen molar-refractivity contribution in [1.82, 2.24) is 0 Å². The number of likely N-dealkylation sites (N-methyl/N-ethyl adjacent to an activating group) is 1. The summed E-state index contributed by atoms with van der Waals surface area (Å²) in [5.74, 6) is -0.434. The van der Waals surface area contributed by atoms with Crippen molar-refractivity contribution in [2.75, 3.05) is 47.5 Å². The lowest BCUT2D eigenvalue weighted by Gasteiger charge is -2.24. The Bertz CT molecular complexity index is 482. The molecule has 180 valence electrons. The van der Waals surface area contributed by atoms with Crippen LogP contribution in [-0.2, 0) is 23.1 Å². The zero-order valence-corrected chi connectivity index (χ0v) is 20.4. The Morgan fingerprint density at radius 1 is 0.933 bits per heavy atom. The normalized spacial score (nSPS) is 15.0. The predicted octanol–water partition coefficient (Wildman–Crippen LogP) is 4.04. The Labute approximate surface area is 183 Å². The molecular weight excluding hydrogens is 409 g/mol. The first-order chi connectivity index (χ1) is 14.1. The number of quaternary nitrogens is 1. The van der Waals surface area contributed by atoms with Crippen LogP contribution in [0.15, 0.2) is 0 Å². The van der Waals surface area contributed by atoms with E-state index in [1.165, 1.54) is 44.9 Å². The Balaban J connectivity index is 3.85. The van der Waals surface area contributed by atoms with Crippen LogP contribution < -0.4 is 0 Å². The number of hydrogen-bond donors (Lipinski definition) is 2. The largest absolute Gasteiger partial charge is 0.472 e. The van der Waals surface area contributed by atoms with Gasteiger partial charge in [-0.3, -0.25) is 13.8 Å². The van der Waals surface area contributed by atoms with Crippen molar-refractivity contribution in [3.05, 3.63) is 0 Å². The van der Waals surface area contributed by atoms with Crippen molar-refractivity contribution in [3.8, 4) is 0 Å². The smallest absolute Gasteiger partial charge is 0.457 e. The predicted molar refractivity (Wildman–Crippen MR) is 118 cm³/mol. The summed E-state index contributed by atoms with van der Waals surface area (Å²) in [6, 6.07) is 0. The van der Waals surface area contributed by atoms with Gasteiger partial charge in [0.15, 0.2) is 0 Å². The van der Waals surface area contributed by atoms with E-state index in [4.69, 9.17) is 13.8 Å². The van der Waals surface area contributed by atoms with Crippen molar-refractivity contribution < 1.29 is 37.6 Å². The van der Waals surface area contributed by atoms with Crippen LogP contribution >= 0.6 is 7.82 Å². The number of ether oxygens (including phenoxy) is 1. The summed E-state index contributed by atoms with van der Waals surface area (Å²) in [4.78, 5) is 21.6. The molecule has 2 atom stereocenters. The zero-order chi connectivity index (χ0) is 22.9. The van der Waals surface area contributed by atoms with Gasteiger partial charge in [-0.2, -0.15) is 0 Å². The van der Waals surface area contributed by atoms with Gasteiger partial charge in [0.1, 0.15) is 19.3 Å². The SMILES string of the molecule is CCCCCCCCCCCCC(=O)O[C@@H](CO)COP(=O)(O)OCC[N+](C)(C)C. The highest BCUT2D eigenvalue weighted by Gasteiger charge is 2.25. The zero-order valence-electron chi connectivity index (χ0n) is 19.5. The molecule has 9 heteroatoms. The minimum Gasteiger partial charge on any atom is -0.457 e. The fraction of sp³-hybridized carbons (Fsp3) is 0.952. The van der Waals surface area contributed by atoms with Gasteiger partial charge >= 0.3 is 13.8 Å². The number of carbonyl (C=O) groups is 1. The monoisotopic (exact) mass is 454 g/mol. The first-order valence-corrected chi connectivity index (χ1v) is 12.8. The second kappa shape index (κ2) is 17.1. The lowest BCUT2D eigenvalue weighted by molar-refractivity contribution is -0.870. The number of phosphoric ester groups is 1. The number of carbonyl (C=O) groups excluding carboxylic acids is 1. The van der Waals surface area contributed by atoms with E-state index in [9.17, 15) is 19.4 Å². The van der Waals surface area contributed by atoms with E-state index >= 15 is 0 Å². The van der Waals surface area contributed by atoms with Crippen LogP contribution in [0.1, 0.15) is 77.6 Å². The van der Waals surface area contributed by atoms with Crippen molar-refractivity contribution in [3.63, 3.8) is 0 Å². The summed E-state index contributed by atoms with van der Waals surface area (Å²) >= 11 is 0. The molecule has 0 aliphatic carbocycles. The number of aliphatic hydroxyl groups is 1. The topological polar surface area (TPSA) is 102 Å². The molecule has 0 heterocycles. The van der Waals surface area contributed by atoms with E-state index < -0.39 is 33.1 Å². The third-order valence-corrected chi connectivity index (χ3v) is 5.66. The summed E-state index contributed by atoms with van der Waals surface area (Å²) in [5, 5.41) is 9.33. The Kier molecular flexibility index (Phi) is 16.8. The van der Waals surface area contributed by atoms with E-state index in [-0.39, 0.29) is 13.0 Å². The molecule has 8 nitrogen and oxygen atoms in total. The third kappa shape index (κ3) is 19.5. The molecule has 0 aromatic carbocycles. The minimum absolute atomic E-state index is 0.0552. The summed E-state index contributed by atoms with van der Waals surface area (Å²) in [7, 11) is 1.55. The first kappa shape index (κ1) is 29.5. The van der Waals surface area contributed by atoms with Gasteiger partial charge in [0.05, 0.1) is 34.4 Å². The van der Waals surface area contributed by atoms with Crippen molar-refractivity contribution in [1.29, 1.82) is 0 Å². The van der Waals surface area contributed by atoms with Crippen LogP contribution in [-0.4, -0.2) is 74.1 Å². The summed E-state index contributed by atoms with van der Waals surface area (Å²) in [5.41, 5.74) is 0. The highest BCUT2D eigenvalue weighted by Crippen LogP contribution is 2.43. The highest BCUT2D eigenvalue weighted by molar-refractivity contribution is 7.47. The van der Waals surface area contributed by atoms with E-state index in [1.54, 1.807) is 0 Å². The number of nitrogens with zero attached hydrogens (tertiary/aromatic N) is 1. The Morgan fingerprint density at radius 2 is 1.47 bits per heavy atom. The highest BCUT2D eigenvalue weighted by atomic mass is 31.2. The van der Waals surface area contributed by atoms with Crippen molar-refractivity contribution in [2.45, 2.75) is 83.7 Å². The maximum Gasteiger partial charge on any atom is 0.472 e. The molecule has 0 saturated carbocycles. The molecule has 0 saturated heterocycles. The molecule has 0 amide bonds. The molecule has 2 N–H and O–H groups in total. The number of rotatable bonds is 20. The maximum atomic E-state index is 11.9. The second-order valence-corrected chi connectivity index (χ2v) is 10.3. The van der Waals surface area contributed by atoms with E-state index in [0.717, 1.165) is 19.3 Å². The van der Waals surface area contributed by atoms with Gasteiger partial charge in [0.25, 0.3) is 0 Å². The molecular formula is C21H45NO7P+.